The van der Waals surface area contributed by atoms with Crippen molar-refractivity contribution in [3.8, 4) is 11.5 Å². The Hall–Kier alpha value is -3.58. The van der Waals surface area contributed by atoms with E-state index in [9.17, 15) is 9.59 Å². The minimum Gasteiger partial charge on any atom is -0.486 e. The highest BCUT2D eigenvalue weighted by Crippen LogP contribution is 2.38. The van der Waals surface area contributed by atoms with Crippen molar-refractivity contribution in [1.82, 2.24) is 0 Å². The lowest BCUT2D eigenvalue weighted by atomic mass is 10.1. The average molecular weight is 461 g/mol. The molecule has 1 aromatic heterocycles. The van der Waals surface area contributed by atoms with Gasteiger partial charge in [-0.1, -0.05) is 31.5 Å². The Morgan fingerprint density at radius 3 is 2.48 bits per heavy atom. The molecule has 1 N–H and O–H groups in total. The summed E-state index contributed by atoms with van der Waals surface area (Å²) in [6.45, 7) is 3.13. The van der Waals surface area contributed by atoms with Crippen LogP contribution < -0.4 is 19.7 Å². The van der Waals surface area contributed by atoms with Crippen molar-refractivity contribution in [3.63, 3.8) is 0 Å². The molecule has 0 saturated heterocycles. The SMILES string of the molecule is CCCCc1ccc(N2C(=O)C(Nc3ccc4c(c3)OCCO4)=C(c3cccs3)C2=O)cc1. The third-order valence-electron chi connectivity index (χ3n) is 5.68. The van der Waals surface area contributed by atoms with Gasteiger partial charge in [0.15, 0.2) is 11.5 Å². The minimum absolute atomic E-state index is 0.259. The molecule has 3 heterocycles. The van der Waals surface area contributed by atoms with E-state index in [-0.39, 0.29) is 17.5 Å². The van der Waals surface area contributed by atoms with Crippen LogP contribution in [0.5, 0.6) is 11.5 Å². The molecule has 0 aliphatic carbocycles. The molecule has 0 spiro atoms. The lowest BCUT2D eigenvalue weighted by Crippen LogP contribution is -2.32. The Morgan fingerprint density at radius 2 is 1.76 bits per heavy atom. The van der Waals surface area contributed by atoms with Crippen LogP contribution in [0.4, 0.5) is 11.4 Å². The topological polar surface area (TPSA) is 67.9 Å². The van der Waals surface area contributed by atoms with E-state index < -0.39 is 0 Å². The van der Waals surface area contributed by atoms with Crippen LogP contribution in [0.3, 0.4) is 0 Å². The lowest BCUT2D eigenvalue weighted by molar-refractivity contribution is -0.120. The Labute approximate surface area is 196 Å². The largest absolute Gasteiger partial charge is 0.486 e. The summed E-state index contributed by atoms with van der Waals surface area (Å²) >= 11 is 1.43. The predicted molar refractivity (Wildman–Crippen MR) is 130 cm³/mol. The number of benzene rings is 2. The van der Waals surface area contributed by atoms with Gasteiger partial charge in [0.05, 0.1) is 11.3 Å². The number of ether oxygens (including phenoxy) is 2. The van der Waals surface area contributed by atoms with Gasteiger partial charge in [-0.2, -0.15) is 0 Å². The van der Waals surface area contributed by atoms with Gasteiger partial charge >= 0.3 is 0 Å². The molecule has 0 atom stereocenters. The Bertz CT molecular complexity index is 1220. The average Bonchev–Trinajstić information content (AvgIpc) is 3.45. The van der Waals surface area contributed by atoms with E-state index in [4.69, 9.17) is 9.47 Å². The molecule has 6 nitrogen and oxygen atoms in total. The van der Waals surface area contributed by atoms with E-state index in [0.717, 1.165) is 24.1 Å². The highest BCUT2D eigenvalue weighted by atomic mass is 32.1. The number of hydrogen-bond acceptors (Lipinski definition) is 6. The van der Waals surface area contributed by atoms with Crippen molar-refractivity contribution in [2.75, 3.05) is 23.4 Å². The second-order valence-electron chi connectivity index (χ2n) is 7.93. The van der Waals surface area contributed by atoms with E-state index in [1.807, 2.05) is 47.8 Å². The zero-order valence-corrected chi connectivity index (χ0v) is 19.1. The number of amides is 2. The molecule has 33 heavy (non-hydrogen) atoms. The number of thiophene rings is 1. The maximum absolute atomic E-state index is 13.5. The summed E-state index contributed by atoms with van der Waals surface area (Å²) in [6.07, 6.45) is 3.21. The predicted octanol–water partition coefficient (Wildman–Crippen LogP) is 5.26. The van der Waals surface area contributed by atoms with Crippen molar-refractivity contribution in [2.45, 2.75) is 26.2 Å². The Kier molecular flexibility index (Phi) is 5.88. The first-order valence-corrected chi connectivity index (χ1v) is 12.0. The number of nitrogens with zero attached hydrogens (tertiary/aromatic N) is 1. The maximum Gasteiger partial charge on any atom is 0.282 e. The van der Waals surface area contributed by atoms with E-state index >= 15 is 0 Å². The van der Waals surface area contributed by atoms with Gasteiger partial charge in [0.1, 0.15) is 18.9 Å². The molecule has 0 saturated carbocycles. The number of carbonyl (C=O) groups is 2. The first-order chi connectivity index (χ1) is 16.2. The van der Waals surface area contributed by atoms with Crippen LogP contribution in [-0.4, -0.2) is 25.0 Å². The third kappa shape index (κ3) is 4.12. The molecule has 5 rings (SSSR count). The van der Waals surface area contributed by atoms with Gasteiger partial charge in [0, 0.05) is 16.6 Å². The molecular weight excluding hydrogens is 436 g/mol. The number of carbonyl (C=O) groups excluding carboxylic acids is 2. The number of nitrogens with one attached hydrogen (secondary N) is 1. The van der Waals surface area contributed by atoms with Crippen LogP contribution in [0.15, 0.2) is 65.7 Å². The summed E-state index contributed by atoms with van der Waals surface area (Å²) < 4.78 is 11.2. The minimum atomic E-state index is -0.375. The first-order valence-electron chi connectivity index (χ1n) is 11.1. The van der Waals surface area contributed by atoms with E-state index in [0.29, 0.717) is 41.7 Å². The fraction of sp³-hybridized carbons (Fsp3) is 0.231. The zero-order chi connectivity index (χ0) is 22.8. The summed E-state index contributed by atoms with van der Waals surface area (Å²) in [5, 5.41) is 5.08. The third-order valence-corrected chi connectivity index (χ3v) is 6.56. The summed E-state index contributed by atoms with van der Waals surface area (Å²) in [5.74, 6) is 0.571. The molecule has 0 bridgehead atoms. The number of fused-ring (bicyclic) bond motifs is 1. The second-order valence-corrected chi connectivity index (χ2v) is 8.87. The fourth-order valence-electron chi connectivity index (χ4n) is 3.99. The molecule has 2 aliphatic rings. The zero-order valence-electron chi connectivity index (χ0n) is 18.3. The Morgan fingerprint density at radius 1 is 0.970 bits per heavy atom. The maximum atomic E-state index is 13.5. The summed E-state index contributed by atoms with van der Waals surface area (Å²) in [5.41, 5.74) is 3.05. The van der Waals surface area contributed by atoms with Crippen LogP contribution in [-0.2, 0) is 16.0 Å². The quantitative estimate of drug-likeness (QED) is 0.487. The van der Waals surface area contributed by atoms with Gasteiger partial charge < -0.3 is 14.8 Å². The van der Waals surface area contributed by atoms with E-state index in [1.54, 1.807) is 12.1 Å². The normalized spacial score (nSPS) is 15.4. The van der Waals surface area contributed by atoms with Gasteiger partial charge in [0.2, 0.25) is 0 Å². The van der Waals surface area contributed by atoms with Crippen LogP contribution in [0.1, 0.15) is 30.2 Å². The number of anilines is 2. The molecule has 2 aromatic carbocycles. The van der Waals surface area contributed by atoms with E-state index in [2.05, 4.69) is 12.2 Å². The molecule has 0 unspecified atom stereocenters. The number of hydrogen-bond donors (Lipinski definition) is 1. The molecule has 3 aromatic rings. The smallest absolute Gasteiger partial charge is 0.282 e. The van der Waals surface area contributed by atoms with Crippen molar-refractivity contribution >= 4 is 40.1 Å². The van der Waals surface area contributed by atoms with Gasteiger partial charge in [-0.15, -0.1) is 11.3 Å². The molecule has 7 heteroatoms. The van der Waals surface area contributed by atoms with Crippen LogP contribution in [0.2, 0.25) is 0 Å². The van der Waals surface area contributed by atoms with Crippen molar-refractivity contribution in [2.24, 2.45) is 0 Å². The summed E-state index contributed by atoms with van der Waals surface area (Å²) in [4.78, 5) is 29.0. The number of unbranched alkanes of at least 4 members (excludes halogenated alkanes) is 1. The molecular formula is C26H24N2O4S. The molecule has 168 valence electrons. The number of aryl methyl sites for hydroxylation is 1. The highest BCUT2D eigenvalue weighted by molar-refractivity contribution is 7.11. The van der Waals surface area contributed by atoms with E-state index in [1.165, 1.54) is 21.8 Å². The molecule has 0 radical (unpaired) electrons. The van der Waals surface area contributed by atoms with Gasteiger partial charge in [-0.05, 0) is 54.1 Å². The summed E-state index contributed by atoms with van der Waals surface area (Å²) in [6, 6.07) is 16.8. The highest BCUT2D eigenvalue weighted by Gasteiger charge is 2.40. The van der Waals surface area contributed by atoms with Crippen LogP contribution >= 0.6 is 11.3 Å². The van der Waals surface area contributed by atoms with Gasteiger partial charge in [0.25, 0.3) is 11.8 Å². The van der Waals surface area contributed by atoms with Gasteiger partial charge in [-0.25, -0.2) is 4.90 Å². The molecule has 2 aliphatic heterocycles. The van der Waals surface area contributed by atoms with Crippen molar-refractivity contribution < 1.29 is 19.1 Å². The van der Waals surface area contributed by atoms with Crippen molar-refractivity contribution in [3.05, 3.63) is 76.1 Å². The second kappa shape index (κ2) is 9.11. The van der Waals surface area contributed by atoms with Crippen LogP contribution in [0, 0.1) is 0 Å². The Balaban J connectivity index is 1.48. The first kappa shape index (κ1) is 21.3. The lowest BCUT2D eigenvalue weighted by Gasteiger charge is -2.19. The van der Waals surface area contributed by atoms with Gasteiger partial charge in [-0.3, -0.25) is 9.59 Å². The monoisotopic (exact) mass is 460 g/mol. The summed E-state index contributed by atoms with van der Waals surface area (Å²) in [7, 11) is 0. The molecule has 0 fully saturated rings. The fourth-order valence-corrected chi connectivity index (χ4v) is 4.76. The van der Waals surface area contributed by atoms with Crippen LogP contribution in [0.25, 0.3) is 5.57 Å². The molecule has 2 amide bonds. The number of imide groups is 1. The number of rotatable bonds is 7. The standard InChI is InChI=1S/C26H24N2O4S/c1-2-3-5-17-7-10-19(11-8-17)28-25(29)23(22-6-4-15-33-22)24(26(28)30)27-18-9-12-20-21(16-18)32-14-13-31-20/h4,6-12,15-16,27H,2-3,5,13-14H2,1H3. The van der Waals surface area contributed by atoms with Crippen molar-refractivity contribution in [1.29, 1.82) is 0 Å².